The molecule has 0 spiro atoms. The Bertz CT molecular complexity index is 1390. The molecule has 3 heterocycles. The molecule has 3 N–H and O–H groups in total. The molecule has 0 fully saturated rings. The number of carbonyl (C=O) groups is 1. The van der Waals surface area contributed by atoms with Crippen LogP contribution in [0.5, 0.6) is 0 Å². The summed E-state index contributed by atoms with van der Waals surface area (Å²) in [5, 5.41) is 0. The van der Waals surface area contributed by atoms with Crippen molar-refractivity contribution in [3.8, 4) is 22.5 Å². The summed E-state index contributed by atoms with van der Waals surface area (Å²) >= 11 is 0. The Morgan fingerprint density at radius 1 is 1.00 bits per heavy atom. The largest absolute Gasteiger partial charge is 0.365 e. The molecule has 0 aliphatic rings. The molecule has 8 nitrogen and oxygen atoms in total. The maximum atomic E-state index is 12.8. The van der Waals surface area contributed by atoms with Crippen LogP contribution in [0.2, 0.25) is 0 Å². The molecule has 4 rings (SSSR count). The van der Waals surface area contributed by atoms with E-state index in [4.69, 9.17) is 5.73 Å². The van der Waals surface area contributed by atoms with Crippen molar-refractivity contribution in [2.24, 2.45) is 5.73 Å². The van der Waals surface area contributed by atoms with Gasteiger partial charge in [-0.25, -0.2) is 9.97 Å². The Hall–Kier alpha value is -4.07. The second-order valence-electron chi connectivity index (χ2n) is 7.14. The third-order valence-corrected chi connectivity index (χ3v) is 4.79. The minimum Gasteiger partial charge on any atom is -0.365 e. The molecule has 8 heteroatoms. The smallest absolute Gasteiger partial charge is 0.254 e. The van der Waals surface area contributed by atoms with Gasteiger partial charge in [0.2, 0.25) is 5.43 Å². The molecule has 0 saturated heterocycles. The maximum Gasteiger partial charge on any atom is 0.254 e. The molecule has 0 atom stereocenters. The molecule has 0 bridgehead atoms. The fraction of sp³-hybridized carbons (Fsp3) is 0.136. The van der Waals surface area contributed by atoms with Gasteiger partial charge >= 0.3 is 0 Å². The lowest BCUT2D eigenvalue weighted by atomic mass is 10.0. The van der Waals surface area contributed by atoms with Crippen molar-refractivity contribution in [3.05, 3.63) is 81.0 Å². The number of H-pyrrole nitrogens is 1. The van der Waals surface area contributed by atoms with Gasteiger partial charge in [0.15, 0.2) is 11.2 Å². The summed E-state index contributed by atoms with van der Waals surface area (Å²) in [4.78, 5) is 48.6. The predicted molar refractivity (Wildman–Crippen MR) is 114 cm³/mol. The highest BCUT2D eigenvalue weighted by molar-refractivity contribution is 5.95. The van der Waals surface area contributed by atoms with Gasteiger partial charge in [0.25, 0.3) is 11.5 Å². The summed E-state index contributed by atoms with van der Waals surface area (Å²) in [7, 11) is 0. The van der Waals surface area contributed by atoms with Crippen LogP contribution >= 0.6 is 0 Å². The number of hydrogen-bond acceptors (Lipinski definition) is 5. The van der Waals surface area contributed by atoms with E-state index in [0.29, 0.717) is 17.0 Å². The number of amides is 1. The first-order valence-electron chi connectivity index (χ1n) is 9.38. The molecule has 1 aromatic carbocycles. The first-order valence-corrected chi connectivity index (χ1v) is 9.38. The van der Waals surface area contributed by atoms with Gasteiger partial charge in [0.1, 0.15) is 5.56 Å². The van der Waals surface area contributed by atoms with Crippen molar-refractivity contribution in [1.29, 1.82) is 0 Å². The number of carbonyl (C=O) groups excluding carboxylic acids is 1. The summed E-state index contributed by atoms with van der Waals surface area (Å²) in [5.74, 6) is -0.845. The number of hydrogen-bond donors (Lipinski definition) is 2. The zero-order chi connectivity index (χ0) is 21.4. The molecule has 0 unspecified atom stereocenters. The molecule has 0 aliphatic carbocycles. The van der Waals surface area contributed by atoms with E-state index >= 15 is 0 Å². The molecular formula is C22H19N5O3. The van der Waals surface area contributed by atoms with E-state index in [2.05, 4.69) is 15.0 Å². The average molecular weight is 401 g/mol. The zero-order valence-corrected chi connectivity index (χ0v) is 16.4. The highest BCUT2D eigenvalue weighted by Crippen LogP contribution is 2.29. The Kier molecular flexibility index (Phi) is 4.75. The van der Waals surface area contributed by atoms with Gasteiger partial charge in [0.05, 0.1) is 11.4 Å². The van der Waals surface area contributed by atoms with Crippen LogP contribution in [0.3, 0.4) is 0 Å². The van der Waals surface area contributed by atoms with Crippen LogP contribution in [0.25, 0.3) is 33.7 Å². The van der Waals surface area contributed by atoms with Crippen molar-refractivity contribution >= 4 is 17.1 Å². The number of aromatic amines is 1. The van der Waals surface area contributed by atoms with Crippen LogP contribution in [0.4, 0.5) is 0 Å². The number of nitrogens with two attached hydrogens (primary N) is 1. The van der Waals surface area contributed by atoms with Gasteiger partial charge in [-0.1, -0.05) is 30.3 Å². The Labute approximate surface area is 171 Å². The number of nitrogens with zero attached hydrogens (tertiary/aromatic N) is 3. The number of pyridine rings is 2. The summed E-state index contributed by atoms with van der Waals surface area (Å²) in [5.41, 5.74) is 7.00. The highest BCUT2D eigenvalue weighted by atomic mass is 16.2. The number of primary amides is 1. The fourth-order valence-electron chi connectivity index (χ4n) is 3.26. The van der Waals surface area contributed by atoms with E-state index < -0.39 is 11.3 Å². The molecule has 3 aromatic heterocycles. The van der Waals surface area contributed by atoms with Crippen LogP contribution < -0.4 is 16.7 Å². The van der Waals surface area contributed by atoms with E-state index in [1.54, 1.807) is 16.8 Å². The average Bonchev–Trinajstić information content (AvgIpc) is 2.74. The van der Waals surface area contributed by atoms with Crippen LogP contribution in [-0.4, -0.2) is 25.4 Å². The molecule has 1 amide bonds. The van der Waals surface area contributed by atoms with Crippen LogP contribution in [0, 0.1) is 0 Å². The van der Waals surface area contributed by atoms with Gasteiger partial charge in [-0.05, 0) is 19.9 Å². The highest BCUT2D eigenvalue weighted by Gasteiger charge is 2.18. The Morgan fingerprint density at radius 3 is 2.37 bits per heavy atom. The summed E-state index contributed by atoms with van der Waals surface area (Å²) in [6, 6.07) is 12.4. The molecule has 0 saturated carbocycles. The maximum absolute atomic E-state index is 12.8. The first kappa shape index (κ1) is 19.3. The monoisotopic (exact) mass is 401 g/mol. The van der Waals surface area contributed by atoms with Gasteiger partial charge in [0, 0.05) is 35.6 Å². The number of fused-ring (bicyclic) bond motifs is 1. The van der Waals surface area contributed by atoms with E-state index in [0.717, 1.165) is 5.56 Å². The van der Waals surface area contributed by atoms with E-state index in [1.165, 1.54) is 12.3 Å². The van der Waals surface area contributed by atoms with E-state index in [9.17, 15) is 14.4 Å². The standard InChI is InChI=1S/C22H19N5O3/c1-12(2)27-11-14(8-9-16(27)28)18-17(13-6-4-3-5-7-13)26-22-19(25-18)20(29)15(10-24-22)21(23)30/h3-12H,1-2H3,(H2,23,30)(H,24,26,29). The van der Waals surface area contributed by atoms with Gasteiger partial charge in [-0.3, -0.25) is 14.4 Å². The summed E-state index contributed by atoms with van der Waals surface area (Å²) in [6.45, 7) is 3.80. The third kappa shape index (κ3) is 3.28. The minimum absolute atomic E-state index is 0.00304. The van der Waals surface area contributed by atoms with Crippen molar-refractivity contribution in [2.45, 2.75) is 19.9 Å². The molecule has 0 aliphatic heterocycles. The van der Waals surface area contributed by atoms with Gasteiger partial charge < -0.3 is 15.3 Å². The lowest BCUT2D eigenvalue weighted by Gasteiger charge is -2.14. The predicted octanol–water partition coefficient (Wildman–Crippen LogP) is 2.49. The number of benzene rings is 1. The lowest BCUT2D eigenvalue weighted by molar-refractivity contribution is 0.0999. The Morgan fingerprint density at radius 2 is 1.70 bits per heavy atom. The van der Waals surface area contributed by atoms with Crippen LogP contribution in [0.1, 0.15) is 30.2 Å². The zero-order valence-electron chi connectivity index (χ0n) is 16.4. The molecule has 150 valence electrons. The van der Waals surface area contributed by atoms with Crippen molar-refractivity contribution in [3.63, 3.8) is 0 Å². The van der Waals surface area contributed by atoms with Crippen molar-refractivity contribution in [2.75, 3.05) is 0 Å². The number of aromatic nitrogens is 4. The number of rotatable bonds is 4. The first-order chi connectivity index (χ1) is 14.4. The normalized spacial score (nSPS) is 11.2. The lowest BCUT2D eigenvalue weighted by Crippen LogP contribution is -2.23. The van der Waals surface area contributed by atoms with Gasteiger partial charge in [-0.15, -0.1) is 0 Å². The SMILES string of the molecule is CC(C)n1cc(-c2nc3c(=O)c(C(N)=O)c[nH]c3nc2-c2ccccc2)ccc1=O. The molecule has 0 radical (unpaired) electrons. The minimum atomic E-state index is -0.845. The molecule has 30 heavy (non-hydrogen) atoms. The van der Waals surface area contributed by atoms with Crippen molar-refractivity contribution < 1.29 is 4.79 Å². The van der Waals surface area contributed by atoms with E-state index in [1.807, 2.05) is 44.2 Å². The van der Waals surface area contributed by atoms with Crippen LogP contribution in [-0.2, 0) is 0 Å². The summed E-state index contributed by atoms with van der Waals surface area (Å²) < 4.78 is 1.58. The summed E-state index contributed by atoms with van der Waals surface area (Å²) in [6.07, 6.45) is 2.94. The molecule has 4 aromatic rings. The third-order valence-electron chi connectivity index (χ3n) is 4.79. The molecular weight excluding hydrogens is 382 g/mol. The topological polar surface area (TPSA) is 124 Å². The quantitative estimate of drug-likeness (QED) is 0.544. The second-order valence-corrected chi connectivity index (χ2v) is 7.14. The van der Waals surface area contributed by atoms with Crippen LogP contribution in [0.15, 0.2) is 64.4 Å². The fourth-order valence-corrected chi connectivity index (χ4v) is 3.26. The second kappa shape index (κ2) is 7.40. The van der Waals surface area contributed by atoms with Crippen molar-refractivity contribution in [1.82, 2.24) is 19.5 Å². The van der Waals surface area contributed by atoms with Gasteiger partial charge in [-0.2, -0.15) is 0 Å². The Balaban J connectivity index is 2.09. The van der Waals surface area contributed by atoms with E-state index in [-0.39, 0.29) is 28.3 Å². The number of nitrogens with one attached hydrogen (secondary N) is 1.